The van der Waals surface area contributed by atoms with Crippen molar-refractivity contribution in [3.8, 4) is 12.3 Å². The number of aliphatic hydroxyl groups excluding tert-OH is 1. The second kappa shape index (κ2) is 8.35. The van der Waals surface area contributed by atoms with E-state index in [4.69, 9.17) is 11.5 Å². The monoisotopic (exact) mass is 210 g/mol. The number of hydrogen-bond donors (Lipinski definition) is 1. The molecule has 0 saturated carbocycles. The van der Waals surface area contributed by atoms with E-state index in [0.717, 1.165) is 11.5 Å². The maximum Gasteiger partial charge on any atom is 0.167 e. The Balaban J connectivity index is 0. The van der Waals surface area contributed by atoms with E-state index in [1.807, 2.05) is 0 Å². The molecule has 0 aromatic carbocycles. The minimum Gasteiger partial charge on any atom is -1.00 e. The highest BCUT2D eigenvalue weighted by Crippen LogP contribution is 1.86. The molecule has 0 aliphatic carbocycles. The molecule has 3 heteroatoms. The van der Waals surface area contributed by atoms with Gasteiger partial charge in [-0.05, 0) is 10.9 Å². The fourth-order valence-electron chi connectivity index (χ4n) is 0.370. The van der Waals surface area contributed by atoms with Crippen LogP contribution in [0.3, 0.4) is 0 Å². The molecule has 9 heavy (non-hydrogen) atoms. The Morgan fingerprint density at radius 1 is 1.67 bits per heavy atom. The van der Waals surface area contributed by atoms with E-state index < -0.39 is 0 Å². The lowest BCUT2D eigenvalue weighted by molar-refractivity contribution is -0.00000291. The predicted octanol–water partition coefficient (Wildman–Crippen LogP) is -3.14. The average Bonchev–Trinajstić information content (AvgIpc) is 1.68. The zero-order valence-corrected chi connectivity index (χ0v) is 7.83. The molecular formula is C6H11BrOS. The molecule has 0 heterocycles. The summed E-state index contributed by atoms with van der Waals surface area (Å²) in [4.78, 5) is 0. The first-order valence-corrected chi connectivity index (χ1v) is 4.42. The van der Waals surface area contributed by atoms with Gasteiger partial charge in [-0.15, -0.1) is 6.42 Å². The van der Waals surface area contributed by atoms with Gasteiger partial charge < -0.3 is 22.1 Å². The van der Waals surface area contributed by atoms with Gasteiger partial charge in [0.2, 0.25) is 0 Å². The van der Waals surface area contributed by atoms with E-state index in [0.29, 0.717) is 0 Å². The van der Waals surface area contributed by atoms with Gasteiger partial charge in [0.25, 0.3) is 0 Å². The van der Waals surface area contributed by atoms with Crippen LogP contribution in [0.4, 0.5) is 0 Å². The highest BCUT2D eigenvalue weighted by molar-refractivity contribution is 7.96. The van der Waals surface area contributed by atoms with Gasteiger partial charge in [-0.1, -0.05) is 5.92 Å². The molecule has 0 amide bonds. The van der Waals surface area contributed by atoms with Gasteiger partial charge in [0, 0.05) is 0 Å². The van der Waals surface area contributed by atoms with E-state index in [1.54, 1.807) is 0 Å². The summed E-state index contributed by atoms with van der Waals surface area (Å²) in [5.74, 6) is 4.21. The molecule has 1 N–H and O–H groups in total. The fraction of sp³-hybridized carbons (Fsp3) is 0.667. The Labute approximate surface area is 70.0 Å². The van der Waals surface area contributed by atoms with Crippen LogP contribution >= 0.6 is 0 Å². The summed E-state index contributed by atoms with van der Waals surface area (Å²) in [5.41, 5.74) is 0. The lowest BCUT2D eigenvalue weighted by atomic mass is 10.8. The van der Waals surface area contributed by atoms with Crippen molar-refractivity contribution in [2.45, 2.75) is 0 Å². The lowest BCUT2D eigenvalue weighted by Crippen LogP contribution is -3.00. The number of terminal acetylenes is 1. The number of halogens is 1. The Morgan fingerprint density at radius 3 is 2.56 bits per heavy atom. The van der Waals surface area contributed by atoms with Gasteiger partial charge in [0.15, 0.2) is 5.75 Å². The zero-order valence-electron chi connectivity index (χ0n) is 5.43. The lowest BCUT2D eigenvalue weighted by Gasteiger charge is -1.92. The van der Waals surface area contributed by atoms with Crippen LogP contribution in [-0.2, 0) is 10.9 Å². The third-order valence-corrected chi connectivity index (χ3v) is 2.31. The van der Waals surface area contributed by atoms with E-state index in [9.17, 15) is 0 Å². The van der Waals surface area contributed by atoms with Gasteiger partial charge in [-0.3, -0.25) is 0 Å². The number of aliphatic hydroxyl groups is 1. The highest BCUT2D eigenvalue weighted by Gasteiger charge is 2.04. The Morgan fingerprint density at radius 2 is 2.22 bits per heavy atom. The van der Waals surface area contributed by atoms with Crippen LogP contribution in [0, 0.1) is 12.3 Å². The first kappa shape index (κ1) is 12.1. The van der Waals surface area contributed by atoms with Crippen LogP contribution < -0.4 is 17.0 Å². The van der Waals surface area contributed by atoms with Crippen molar-refractivity contribution in [3.63, 3.8) is 0 Å². The maximum atomic E-state index is 8.40. The first-order valence-electron chi connectivity index (χ1n) is 2.44. The molecule has 0 spiro atoms. The van der Waals surface area contributed by atoms with Crippen molar-refractivity contribution in [1.29, 1.82) is 0 Å². The van der Waals surface area contributed by atoms with Gasteiger partial charge in [-0.2, -0.15) is 0 Å². The van der Waals surface area contributed by atoms with Crippen LogP contribution in [0.15, 0.2) is 0 Å². The molecule has 0 aromatic heterocycles. The zero-order chi connectivity index (χ0) is 6.41. The minimum absolute atomic E-state index is 0. The normalized spacial score (nSPS) is 11.2. The van der Waals surface area contributed by atoms with Crippen LogP contribution in [0.5, 0.6) is 0 Å². The van der Waals surface area contributed by atoms with E-state index in [1.165, 1.54) is 0 Å². The molecule has 0 rings (SSSR count). The number of rotatable bonds is 3. The van der Waals surface area contributed by atoms with Gasteiger partial charge >= 0.3 is 0 Å². The van der Waals surface area contributed by atoms with Gasteiger partial charge in [0.05, 0.1) is 12.9 Å². The summed E-state index contributed by atoms with van der Waals surface area (Å²) in [5, 5.41) is 8.40. The van der Waals surface area contributed by atoms with Crippen molar-refractivity contribution in [1.82, 2.24) is 0 Å². The third kappa shape index (κ3) is 8.35. The molecule has 0 bridgehead atoms. The predicted molar refractivity (Wildman–Crippen MR) is 38.9 cm³/mol. The highest BCUT2D eigenvalue weighted by atomic mass is 79.9. The van der Waals surface area contributed by atoms with Crippen molar-refractivity contribution in [2.75, 3.05) is 24.4 Å². The smallest absolute Gasteiger partial charge is 0.167 e. The fourth-order valence-corrected chi connectivity index (χ4v) is 1.11. The van der Waals surface area contributed by atoms with Crippen molar-refractivity contribution in [2.24, 2.45) is 0 Å². The Bertz CT molecular complexity index is 89.5. The quantitative estimate of drug-likeness (QED) is 0.386. The standard InChI is InChI=1S/C6H11OS.BrH/c1-3-5-8(2)6-4-7;/h1,7H,4-6H2,2H3;1H/q+1;/p-1. The minimum atomic E-state index is 0. The summed E-state index contributed by atoms with van der Waals surface area (Å²) in [6.07, 6.45) is 7.10. The SMILES string of the molecule is C#CC[S+](C)CCO.[Br-]. The second-order valence-electron chi connectivity index (χ2n) is 1.56. The Hall–Kier alpha value is 0.350. The molecule has 1 atom stereocenters. The molecule has 0 saturated heterocycles. The van der Waals surface area contributed by atoms with Crippen molar-refractivity contribution in [3.05, 3.63) is 0 Å². The summed E-state index contributed by atoms with van der Waals surface area (Å²) in [7, 11) is 0.244. The molecule has 0 aliphatic heterocycles. The van der Waals surface area contributed by atoms with Crippen LogP contribution in [-0.4, -0.2) is 29.5 Å². The average molecular weight is 211 g/mol. The van der Waals surface area contributed by atoms with E-state index in [-0.39, 0.29) is 34.5 Å². The van der Waals surface area contributed by atoms with Crippen LogP contribution in [0.25, 0.3) is 0 Å². The van der Waals surface area contributed by atoms with Crippen molar-refractivity contribution < 1.29 is 22.1 Å². The molecule has 1 unspecified atom stereocenters. The molecule has 0 fully saturated rings. The summed E-state index contributed by atoms with van der Waals surface area (Å²) < 4.78 is 0. The van der Waals surface area contributed by atoms with Crippen molar-refractivity contribution >= 4 is 10.9 Å². The first-order chi connectivity index (χ1) is 3.81. The Kier molecular flexibility index (Phi) is 11.2. The topological polar surface area (TPSA) is 20.2 Å². The third-order valence-electron chi connectivity index (χ3n) is 0.769. The molecule has 0 aromatic rings. The molecule has 1 nitrogen and oxygen atoms in total. The van der Waals surface area contributed by atoms with E-state index >= 15 is 0 Å². The largest absolute Gasteiger partial charge is 1.00 e. The maximum absolute atomic E-state index is 8.40. The molecule has 54 valence electrons. The van der Waals surface area contributed by atoms with Gasteiger partial charge in [-0.25, -0.2) is 0 Å². The number of hydrogen-bond acceptors (Lipinski definition) is 1. The summed E-state index contributed by atoms with van der Waals surface area (Å²) >= 11 is 0. The van der Waals surface area contributed by atoms with E-state index in [2.05, 4.69) is 12.2 Å². The molecular weight excluding hydrogens is 200 g/mol. The van der Waals surface area contributed by atoms with Crippen LogP contribution in [0.1, 0.15) is 0 Å². The second-order valence-corrected chi connectivity index (χ2v) is 3.82. The molecule has 0 aliphatic rings. The molecule has 0 radical (unpaired) electrons. The summed E-state index contributed by atoms with van der Waals surface area (Å²) in [6.45, 7) is 0.265. The van der Waals surface area contributed by atoms with Crippen LogP contribution in [0.2, 0.25) is 0 Å². The van der Waals surface area contributed by atoms with Gasteiger partial charge in [0.1, 0.15) is 5.75 Å². The summed E-state index contributed by atoms with van der Waals surface area (Å²) in [6, 6.07) is 0.